The second-order valence-electron chi connectivity index (χ2n) is 8.23. The number of likely N-dealkylation sites (tertiary alicyclic amines) is 1. The van der Waals surface area contributed by atoms with E-state index in [0.717, 1.165) is 12.8 Å². The molecule has 1 amide bonds. The van der Waals surface area contributed by atoms with Crippen molar-refractivity contribution < 1.29 is 19.1 Å². The van der Waals surface area contributed by atoms with Crippen LogP contribution < -0.4 is 0 Å². The topological polar surface area (TPSA) is 70.8 Å². The van der Waals surface area contributed by atoms with E-state index in [2.05, 4.69) is 0 Å². The van der Waals surface area contributed by atoms with Gasteiger partial charge in [-0.05, 0) is 38.0 Å². The Morgan fingerprint density at radius 2 is 2.04 bits per heavy atom. The van der Waals surface area contributed by atoms with Crippen molar-refractivity contribution in [3.8, 4) is 0 Å². The Balaban J connectivity index is 1.93. The highest BCUT2D eigenvalue weighted by molar-refractivity contribution is 6.03. The van der Waals surface area contributed by atoms with Crippen LogP contribution in [0.15, 0.2) is 4.42 Å². The van der Waals surface area contributed by atoms with Crippen LogP contribution in [0.4, 0.5) is 0 Å². The number of nitrogens with zero attached hydrogens (tertiary/aromatic N) is 1. The van der Waals surface area contributed by atoms with Gasteiger partial charge in [-0.25, -0.2) is 0 Å². The van der Waals surface area contributed by atoms with Crippen LogP contribution in [0.2, 0.25) is 0 Å². The molecule has 132 valence electrons. The van der Waals surface area contributed by atoms with Gasteiger partial charge in [-0.15, -0.1) is 0 Å². The molecule has 0 bridgehead atoms. The summed E-state index contributed by atoms with van der Waals surface area (Å²) in [5.74, 6) is 0.993. The lowest BCUT2D eigenvalue weighted by Gasteiger charge is -2.37. The molecule has 1 fully saturated rings. The Morgan fingerprint density at radius 3 is 2.71 bits per heavy atom. The second-order valence-corrected chi connectivity index (χ2v) is 8.23. The number of ketones is 1. The molecule has 1 aromatic rings. The molecule has 1 aromatic heterocycles. The Hall–Kier alpha value is -1.62. The molecule has 2 heterocycles. The van der Waals surface area contributed by atoms with E-state index in [1.807, 2.05) is 27.7 Å². The maximum atomic E-state index is 13.0. The zero-order valence-electron chi connectivity index (χ0n) is 15.0. The molecule has 2 unspecified atom stereocenters. The quantitative estimate of drug-likeness (QED) is 0.903. The molecular weight excluding hydrogens is 306 g/mol. The molecular formula is C19H27NO4. The number of carbonyl (C=O) groups is 2. The molecule has 0 radical (unpaired) electrons. The first kappa shape index (κ1) is 17.2. The van der Waals surface area contributed by atoms with Crippen molar-refractivity contribution in [1.82, 2.24) is 4.90 Å². The van der Waals surface area contributed by atoms with Gasteiger partial charge in [0, 0.05) is 37.6 Å². The van der Waals surface area contributed by atoms with Gasteiger partial charge in [0.2, 0.25) is 0 Å². The van der Waals surface area contributed by atoms with Crippen LogP contribution in [0.3, 0.4) is 0 Å². The Morgan fingerprint density at radius 1 is 1.33 bits per heavy atom. The first-order chi connectivity index (χ1) is 11.2. The van der Waals surface area contributed by atoms with Crippen molar-refractivity contribution in [2.75, 3.05) is 13.2 Å². The average Bonchev–Trinajstić information content (AvgIpc) is 2.82. The lowest BCUT2D eigenvalue weighted by molar-refractivity contribution is 0.0455. The summed E-state index contributed by atoms with van der Waals surface area (Å²) in [6.07, 6.45) is 2.97. The lowest BCUT2D eigenvalue weighted by Crippen LogP contribution is -2.46. The highest BCUT2D eigenvalue weighted by Gasteiger charge is 2.39. The summed E-state index contributed by atoms with van der Waals surface area (Å²) >= 11 is 0. The number of carbonyl (C=O) groups excluding carboxylic acids is 2. The molecule has 1 N–H and O–H groups in total. The normalized spacial score (nSPS) is 26.4. The van der Waals surface area contributed by atoms with Crippen molar-refractivity contribution in [2.24, 2.45) is 11.3 Å². The van der Waals surface area contributed by atoms with E-state index >= 15 is 0 Å². The van der Waals surface area contributed by atoms with E-state index in [9.17, 15) is 14.7 Å². The van der Waals surface area contributed by atoms with Crippen molar-refractivity contribution >= 4 is 11.7 Å². The number of Topliss-reactive ketones (excluding diaryl/α,β-unsaturated/α-hetero) is 1. The molecule has 5 heteroatoms. The monoisotopic (exact) mass is 333 g/mol. The summed E-state index contributed by atoms with van der Waals surface area (Å²) in [7, 11) is 0. The molecule has 1 aliphatic carbocycles. The van der Waals surface area contributed by atoms with Gasteiger partial charge in [-0.1, -0.05) is 13.8 Å². The fourth-order valence-electron chi connectivity index (χ4n) is 4.03. The number of rotatable bonds is 2. The van der Waals surface area contributed by atoms with Gasteiger partial charge >= 0.3 is 0 Å². The number of fused-ring (bicyclic) bond motifs is 1. The summed E-state index contributed by atoms with van der Waals surface area (Å²) in [5, 5.41) is 9.42. The van der Waals surface area contributed by atoms with Crippen LogP contribution in [0.25, 0.3) is 0 Å². The fourth-order valence-corrected chi connectivity index (χ4v) is 4.03. The predicted octanol–water partition coefficient (Wildman–Crippen LogP) is 2.98. The van der Waals surface area contributed by atoms with Gasteiger partial charge < -0.3 is 14.4 Å². The maximum Gasteiger partial charge on any atom is 0.290 e. The van der Waals surface area contributed by atoms with Crippen molar-refractivity contribution in [2.45, 2.75) is 59.4 Å². The van der Waals surface area contributed by atoms with Crippen molar-refractivity contribution in [1.29, 1.82) is 0 Å². The van der Waals surface area contributed by atoms with E-state index in [4.69, 9.17) is 4.42 Å². The third kappa shape index (κ3) is 2.90. The first-order valence-corrected chi connectivity index (χ1v) is 8.81. The standard InChI is InChI=1S/C19H27NO4/c1-11-5-6-13(10-21)9-20(11)18(23)17-12(2)16-14(22)7-19(3,4)8-15(16)24-17/h11,13,21H,5-10H2,1-4H3. The molecule has 0 spiro atoms. The first-order valence-electron chi connectivity index (χ1n) is 8.81. The number of amides is 1. The number of piperidine rings is 1. The Bertz CT molecular complexity index is 673. The van der Waals surface area contributed by atoms with Crippen LogP contribution in [-0.2, 0) is 6.42 Å². The van der Waals surface area contributed by atoms with E-state index < -0.39 is 0 Å². The van der Waals surface area contributed by atoms with Gasteiger partial charge in [-0.2, -0.15) is 0 Å². The number of aliphatic hydroxyl groups excluding tert-OH is 1. The van der Waals surface area contributed by atoms with E-state index in [1.54, 1.807) is 4.90 Å². The number of hydrogen-bond donors (Lipinski definition) is 1. The number of furan rings is 1. The Kier molecular flexibility index (Phi) is 4.32. The summed E-state index contributed by atoms with van der Waals surface area (Å²) < 4.78 is 5.90. The minimum absolute atomic E-state index is 0.0708. The van der Waals surface area contributed by atoms with Gasteiger partial charge in [0.25, 0.3) is 5.91 Å². The van der Waals surface area contributed by atoms with Gasteiger partial charge in [-0.3, -0.25) is 9.59 Å². The van der Waals surface area contributed by atoms with Gasteiger partial charge in [0.15, 0.2) is 11.5 Å². The summed E-state index contributed by atoms with van der Waals surface area (Å²) in [5.41, 5.74) is 1.16. The molecule has 1 saturated heterocycles. The molecule has 0 aromatic carbocycles. The van der Waals surface area contributed by atoms with Crippen LogP contribution >= 0.6 is 0 Å². The highest BCUT2D eigenvalue weighted by Crippen LogP contribution is 2.39. The van der Waals surface area contributed by atoms with Crippen LogP contribution in [0.1, 0.15) is 72.3 Å². The van der Waals surface area contributed by atoms with E-state index in [-0.39, 0.29) is 35.7 Å². The lowest BCUT2D eigenvalue weighted by atomic mass is 9.76. The largest absolute Gasteiger partial charge is 0.455 e. The van der Waals surface area contributed by atoms with Crippen molar-refractivity contribution in [3.05, 3.63) is 22.6 Å². The molecule has 3 rings (SSSR count). The molecule has 2 atom stereocenters. The Labute approximate surface area is 143 Å². The average molecular weight is 333 g/mol. The van der Waals surface area contributed by atoms with Gasteiger partial charge in [0.05, 0.1) is 5.56 Å². The smallest absolute Gasteiger partial charge is 0.290 e. The molecule has 1 aliphatic heterocycles. The summed E-state index contributed by atoms with van der Waals surface area (Å²) in [4.78, 5) is 27.3. The maximum absolute atomic E-state index is 13.0. The zero-order chi connectivity index (χ0) is 17.6. The van der Waals surface area contributed by atoms with Crippen LogP contribution in [-0.4, -0.2) is 40.9 Å². The highest BCUT2D eigenvalue weighted by atomic mass is 16.4. The molecule has 2 aliphatic rings. The number of hydrogen-bond acceptors (Lipinski definition) is 4. The molecule has 0 saturated carbocycles. The molecule has 5 nitrogen and oxygen atoms in total. The minimum atomic E-state index is -0.154. The SMILES string of the molecule is Cc1c(C(=O)N2CC(CO)CCC2C)oc2c1C(=O)CC(C)(C)C2. The third-order valence-corrected chi connectivity index (χ3v) is 5.47. The summed E-state index contributed by atoms with van der Waals surface area (Å²) in [6.45, 7) is 8.57. The van der Waals surface area contributed by atoms with E-state index in [1.165, 1.54) is 0 Å². The van der Waals surface area contributed by atoms with Gasteiger partial charge in [0.1, 0.15) is 5.76 Å². The number of aliphatic hydroxyl groups is 1. The van der Waals surface area contributed by atoms with Crippen LogP contribution in [0.5, 0.6) is 0 Å². The molecule has 24 heavy (non-hydrogen) atoms. The van der Waals surface area contributed by atoms with Crippen molar-refractivity contribution in [3.63, 3.8) is 0 Å². The van der Waals surface area contributed by atoms with Crippen LogP contribution in [0, 0.1) is 18.3 Å². The summed E-state index contributed by atoms with van der Waals surface area (Å²) in [6, 6.07) is 0.119. The second kappa shape index (κ2) is 6.03. The van der Waals surface area contributed by atoms with E-state index in [0.29, 0.717) is 42.0 Å². The third-order valence-electron chi connectivity index (χ3n) is 5.47. The fraction of sp³-hybridized carbons (Fsp3) is 0.684. The zero-order valence-corrected chi connectivity index (χ0v) is 15.0. The predicted molar refractivity (Wildman–Crippen MR) is 90.2 cm³/mol. The minimum Gasteiger partial charge on any atom is -0.455 e.